The minimum atomic E-state index is -0.343. The lowest BCUT2D eigenvalue weighted by atomic mass is 9.87. The topological polar surface area (TPSA) is 55.1 Å². The molecule has 0 aliphatic heterocycles. The van der Waals surface area contributed by atoms with Crippen molar-refractivity contribution in [3.63, 3.8) is 0 Å². The molecule has 1 aliphatic carbocycles. The van der Waals surface area contributed by atoms with Gasteiger partial charge >= 0.3 is 0 Å². The van der Waals surface area contributed by atoms with Gasteiger partial charge in [-0.1, -0.05) is 27.2 Å². The Bertz CT molecular complexity index is 222. The third-order valence-electron chi connectivity index (χ3n) is 3.92. The van der Waals surface area contributed by atoms with Crippen LogP contribution in [0.4, 0.5) is 0 Å². The number of rotatable bonds is 4. The van der Waals surface area contributed by atoms with E-state index in [1.54, 1.807) is 0 Å². The van der Waals surface area contributed by atoms with Crippen LogP contribution >= 0.6 is 0 Å². The summed E-state index contributed by atoms with van der Waals surface area (Å²) in [5, 5.41) is 3.09. The smallest absolute Gasteiger partial charge is 0.237 e. The molecule has 1 aliphatic rings. The fraction of sp³-hybridized carbons (Fsp3) is 0.923. The Balaban J connectivity index is 2.33. The van der Waals surface area contributed by atoms with Gasteiger partial charge in [-0.2, -0.15) is 0 Å². The Hall–Kier alpha value is -0.570. The normalized spacial score (nSPS) is 29.5. The van der Waals surface area contributed by atoms with E-state index in [1.807, 2.05) is 6.92 Å². The summed E-state index contributed by atoms with van der Waals surface area (Å²) in [6.45, 7) is 6.39. The molecular formula is C13H26N2O. The zero-order chi connectivity index (χ0) is 12.1. The Morgan fingerprint density at radius 1 is 1.38 bits per heavy atom. The van der Waals surface area contributed by atoms with Gasteiger partial charge in [0.1, 0.15) is 0 Å². The molecule has 3 N–H and O–H groups in total. The minimum Gasteiger partial charge on any atom is -0.352 e. The first-order chi connectivity index (χ1) is 7.54. The van der Waals surface area contributed by atoms with Crippen molar-refractivity contribution in [2.45, 2.75) is 65.0 Å². The van der Waals surface area contributed by atoms with Gasteiger partial charge < -0.3 is 11.1 Å². The van der Waals surface area contributed by atoms with E-state index in [0.717, 1.165) is 25.2 Å². The summed E-state index contributed by atoms with van der Waals surface area (Å²) in [7, 11) is 0. The van der Waals surface area contributed by atoms with E-state index >= 15 is 0 Å². The van der Waals surface area contributed by atoms with E-state index < -0.39 is 0 Å². The molecule has 0 radical (unpaired) electrons. The standard InChI is InChI=1S/C13H26N2O/c1-4-10(3)12(14)13(16)15-11-7-5-9(2)6-8-11/h9-12H,4-8,14H2,1-3H3,(H,15,16). The second-order valence-electron chi connectivity index (χ2n) is 5.38. The summed E-state index contributed by atoms with van der Waals surface area (Å²) in [6, 6.07) is 0.0168. The number of nitrogens with two attached hydrogens (primary N) is 1. The Morgan fingerprint density at radius 2 is 1.94 bits per heavy atom. The van der Waals surface area contributed by atoms with Crippen LogP contribution in [0.25, 0.3) is 0 Å². The predicted molar refractivity (Wildman–Crippen MR) is 67.0 cm³/mol. The first-order valence-corrected chi connectivity index (χ1v) is 6.60. The quantitative estimate of drug-likeness (QED) is 0.771. The van der Waals surface area contributed by atoms with Gasteiger partial charge in [0.25, 0.3) is 0 Å². The molecule has 1 saturated carbocycles. The molecule has 16 heavy (non-hydrogen) atoms. The van der Waals surface area contributed by atoms with Crippen molar-refractivity contribution in [3.8, 4) is 0 Å². The Morgan fingerprint density at radius 3 is 2.44 bits per heavy atom. The highest BCUT2D eigenvalue weighted by molar-refractivity contribution is 5.82. The summed E-state index contributed by atoms with van der Waals surface area (Å²) >= 11 is 0. The number of hydrogen-bond acceptors (Lipinski definition) is 2. The molecule has 1 fully saturated rings. The molecule has 3 nitrogen and oxygen atoms in total. The minimum absolute atomic E-state index is 0.0360. The SMILES string of the molecule is CCC(C)C(N)C(=O)NC1CCC(C)CC1. The van der Waals surface area contributed by atoms with Crippen LogP contribution in [0.3, 0.4) is 0 Å². The second kappa shape index (κ2) is 6.24. The number of nitrogens with one attached hydrogen (secondary N) is 1. The van der Waals surface area contributed by atoms with Gasteiger partial charge in [-0.3, -0.25) is 4.79 Å². The number of carbonyl (C=O) groups is 1. The van der Waals surface area contributed by atoms with Crippen LogP contribution in [0.15, 0.2) is 0 Å². The van der Waals surface area contributed by atoms with Crippen LogP contribution in [0.1, 0.15) is 52.9 Å². The van der Waals surface area contributed by atoms with Crippen molar-refractivity contribution >= 4 is 5.91 Å². The van der Waals surface area contributed by atoms with Gasteiger partial charge in [0.15, 0.2) is 0 Å². The highest BCUT2D eigenvalue weighted by Gasteiger charge is 2.24. The highest BCUT2D eigenvalue weighted by Crippen LogP contribution is 2.23. The van der Waals surface area contributed by atoms with Crippen LogP contribution in [0.2, 0.25) is 0 Å². The summed E-state index contributed by atoms with van der Waals surface area (Å²) < 4.78 is 0. The van der Waals surface area contributed by atoms with Crippen molar-refractivity contribution in [2.24, 2.45) is 17.6 Å². The molecule has 0 aromatic carbocycles. The van der Waals surface area contributed by atoms with Crippen molar-refractivity contribution < 1.29 is 4.79 Å². The third-order valence-corrected chi connectivity index (χ3v) is 3.92. The van der Waals surface area contributed by atoms with Gasteiger partial charge in [-0.05, 0) is 37.5 Å². The number of amides is 1. The third kappa shape index (κ3) is 3.78. The molecular weight excluding hydrogens is 200 g/mol. The van der Waals surface area contributed by atoms with E-state index in [-0.39, 0.29) is 17.9 Å². The molecule has 0 aromatic rings. The molecule has 0 saturated heterocycles. The maximum absolute atomic E-state index is 11.9. The van der Waals surface area contributed by atoms with Crippen LogP contribution in [-0.2, 0) is 4.79 Å². The highest BCUT2D eigenvalue weighted by atomic mass is 16.2. The average molecular weight is 226 g/mol. The molecule has 0 bridgehead atoms. The first kappa shape index (κ1) is 13.5. The molecule has 3 heteroatoms. The van der Waals surface area contributed by atoms with E-state index in [1.165, 1.54) is 12.8 Å². The largest absolute Gasteiger partial charge is 0.352 e. The summed E-state index contributed by atoms with van der Waals surface area (Å²) in [4.78, 5) is 11.9. The van der Waals surface area contributed by atoms with E-state index in [9.17, 15) is 4.79 Å². The van der Waals surface area contributed by atoms with Crippen molar-refractivity contribution in [2.75, 3.05) is 0 Å². The fourth-order valence-corrected chi connectivity index (χ4v) is 2.21. The van der Waals surface area contributed by atoms with Crippen LogP contribution in [0, 0.1) is 11.8 Å². The predicted octanol–water partition coefficient (Wildman–Crippen LogP) is 2.05. The van der Waals surface area contributed by atoms with Gasteiger partial charge in [0, 0.05) is 6.04 Å². The molecule has 0 aromatic heterocycles. The maximum atomic E-state index is 11.9. The van der Waals surface area contributed by atoms with Crippen molar-refractivity contribution in [1.29, 1.82) is 0 Å². The van der Waals surface area contributed by atoms with Gasteiger partial charge in [-0.15, -0.1) is 0 Å². The summed E-state index contributed by atoms with van der Waals surface area (Å²) in [5.74, 6) is 1.12. The van der Waals surface area contributed by atoms with Gasteiger partial charge in [0.05, 0.1) is 6.04 Å². The Labute approximate surface area is 99.2 Å². The summed E-state index contributed by atoms with van der Waals surface area (Å²) in [6.07, 6.45) is 5.63. The zero-order valence-corrected chi connectivity index (χ0v) is 10.8. The van der Waals surface area contributed by atoms with Gasteiger partial charge in [0.2, 0.25) is 5.91 Å². The lowest BCUT2D eigenvalue weighted by Gasteiger charge is -2.28. The average Bonchev–Trinajstić information content (AvgIpc) is 2.30. The summed E-state index contributed by atoms with van der Waals surface area (Å²) in [5.41, 5.74) is 5.90. The van der Waals surface area contributed by atoms with Crippen molar-refractivity contribution in [3.05, 3.63) is 0 Å². The molecule has 0 heterocycles. The first-order valence-electron chi connectivity index (χ1n) is 6.60. The molecule has 2 unspecified atom stereocenters. The van der Waals surface area contributed by atoms with E-state index in [0.29, 0.717) is 6.04 Å². The van der Waals surface area contributed by atoms with Crippen LogP contribution in [0.5, 0.6) is 0 Å². The molecule has 0 spiro atoms. The van der Waals surface area contributed by atoms with Crippen LogP contribution < -0.4 is 11.1 Å². The monoisotopic (exact) mass is 226 g/mol. The molecule has 1 rings (SSSR count). The van der Waals surface area contributed by atoms with Crippen molar-refractivity contribution in [1.82, 2.24) is 5.32 Å². The Kier molecular flexibility index (Phi) is 5.26. The molecule has 94 valence electrons. The van der Waals surface area contributed by atoms with E-state index in [2.05, 4.69) is 19.2 Å². The maximum Gasteiger partial charge on any atom is 0.237 e. The fourth-order valence-electron chi connectivity index (χ4n) is 2.21. The van der Waals surface area contributed by atoms with Crippen LogP contribution in [-0.4, -0.2) is 18.0 Å². The lowest BCUT2D eigenvalue weighted by Crippen LogP contribution is -2.49. The van der Waals surface area contributed by atoms with E-state index in [4.69, 9.17) is 5.73 Å². The lowest BCUT2D eigenvalue weighted by molar-refractivity contribution is -0.124. The van der Waals surface area contributed by atoms with Gasteiger partial charge in [-0.25, -0.2) is 0 Å². The second-order valence-corrected chi connectivity index (χ2v) is 5.38. The zero-order valence-electron chi connectivity index (χ0n) is 10.8. The molecule has 2 atom stereocenters. The number of hydrogen-bond donors (Lipinski definition) is 2. The molecule has 1 amide bonds. The number of carbonyl (C=O) groups excluding carboxylic acids is 1.